The summed E-state index contributed by atoms with van der Waals surface area (Å²) in [6.07, 6.45) is 3.92. The molecule has 5 heteroatoms. The Labute approximate surface area is 123 Å². The van der Waals surface area contributed by atoms with Crippen LogP contribution in [0.3, 0.4) is 0 Å². The van der Waals surface area contributed by atoms with Gasteiger partial charge < -0.3 is 10.0 Å². The van der Waals surface area contributed by atoms with Gasteiger partial charge in [-0.05, 0) is 18.9 Å². The fourth-order valence-electron chi connectivity index (χ4n) is 2.71. The van der Waals surface area contributed by atoms with Crippen LogP contribution in [-0.2, 0) is 4.79 Å². The number of hydrogen-bond acceptors (Lipinski definition) is 4. The van der Waals surface area contributed by atoms with E-state index in [2.05, 4.69) is 9.97 Å². The molecule has 1 atom stereocenters. The highest BCUT2D eigenvalue weighted by atomic mass is 16.4. The zero-order valence-electron chi connectivity index (χ0n) is 11.9. The molecule has 108 valence electrons. The van der Waals surface area contributed by atoms with Crippen molar-refractivity contribution in [1.29, 1.82) is 0 Å². The molecule has 1 aliphatic heterocycles. The minimum Gasteiger partial charge on any atom is -0.481 e. The standard InChI is InChI=1S/C16H17N3O2/c1-16(15(20)21)7-8-19(10-16)14-13(9-17-11-18-14)12-5-3-2-4-6-12/h2-6,9,11H,7-8,10H2,1H3,(H,20,21). The minimum absolute atomic E-state index is 0.471. The molecular formula is C16H17N3O2. The molecule has 0 radical (unpaired) electrons. The number of carboxylic acid groups (broad SMARTS) is 1. The number of aromatic nitrogens is 2. The molecule has 1 unspecified atom stereocenters. The van der Waals surface area contributed by atoms with E-state index in [1.807, 2.05) is 35.2 Å². The van der Waals surface area contributed by atoms with Gasteiger partial charge in [0.1, 0.15) is 12.1 Å². The highest BCUT2D eigenvalue weighted by molar-refractivity contribution is 5.79. The Hall–Kier alpha value is -2.43. The van der Waals surface area contributed by atoms with E-state index >= 15 is 0 Å². The Morgan fingerprint density at radius 1 is 1.33 bits per heavy atom. The summed E-state index contributed by atoms with van der Waals surface area (Å²) in [5.74, 6) is 0.0569. The SMILES string of the molecule is CC1(C(=O)O)CCN(c2ncncc2-c2ccccc2)C1. The molecule has 1 saturated heterocycles. The normalized spacial score (nSPS) is 21.5. The van der Waals surface area contributed by atoms with Crippen molar-refractivity contribution in [2.75, 3.05) is 18.0 Å². The zero-order chi connectivity index (χ0) is 14.9. The average molecular weight is 283 g/mol. The first kappa shape index (κ1) is 13.5. The molecule has 1 aromatic heterocycles. The summed E-state index contributed by atoms with van der Waals surface area (Å²) >= 11 is 0. The first-order chi connectivity index (χ1) is 10.1. The number of nitrogens with zero attached hydrogens (tertiary/aromatic N) is 3. The third-order valence-electron chi connectivity index (χ3n) is 4.07. The Morgan fingerprint density at radius 2 is 2.10 bits per heavy atom. The van der Waals surface area contributed by atoms with E-state index < -0.39 is 11.4 Å². The number of carbonyl (C=O) groups is 1. The number of anilines is 1. The summed E-state index contributed by atoms with van der Waals surface area (Å²) in [6, 6.07) is 9.92. The highest BCUT2D eigenvalue weighted by Crippen LogP contribution is 2.36. The number of hydrogen-bond donors (Lipinski definition) is 1. The summed E-state index contributed by atoms with van der Waals surface area (Å²) < 4.78 is 0. The van der Waals surface area contributed by atoms with E-state index in [9.17, 15) is 9.90 Å². The molecule has 2 heterocycles. The lowest BCUT2D eigenvalue weighted by atomic mass is 9.90. The Balaban J connectivity index is 1.96. The second-order valence-corrected chi connectivity index (χ2v) is 5.66. The predicted molar refractivity (Wildman–Crippen MR) is 80.0 cm³/mol. The fraction of sp³-hybridized carbons (Fsp3) is 0.312. The van der Waals surface area contributed by atoms with Gasteiger partial charge in [-0.3, -0.25) is 4.79 Å². The molecule has 5 nitrogen and oxygen atoms in total. The average Bonchev–Trinajstić information content (AvgIpc) is 2.92. The van der Waals surface area contributed by atoms with Gasteiger partial charge in [-0.2, -0.15) is 0 Å². The quantitative estimate of drug-likeness (QED) is 0.937. The highest BCUT2D eigenvalue weighted by Gasteiger charge is 2.41. The van der Waals surface area contributed by atoms with Gasteiger partial charge in [-0.25, -0.2) is 9.97 Å². The molecule has 1 fully saturated rings. The monoisotopic (exact) mass is 283 g/mol. The van der Waals surface area contributed by atoms with E-state index in [0.29, 0.717) is 19.5 Å². The van der Waals surface area contributed by atoms with Gasteiger partial charge in [0, 0.05) is 24.8 Å². The minimum atomic E-state index is -0.750. The van der Waals surface area contributed by atoms with Crippen LogP contribution in [0.2, 0.25) is 0 Å². The lowest BCUT2D eigenvalue weighted by molar-refractivity contribution is -0.146. The summed E-state index contributed by atoms with van der Waals surface area (Å²) in [5.41, 5.74) is 1.27. The van der Waals surface area contributed by atoms with Crippen LogP contribution in [0.1, 0.15) is 13.3 Å². The van der Waals surface area contributed by atoms with Crippen molar-refractivity contribution in [3.05, 3.63) is 42.9 Å². The van der Waals surface area contributed by atoms with Crippen LogP contribution in [0, 0.1) is 5.41 Å². The van der Waals surface area contributed by atoms with Crippen LogP contribution in [0.15, 0.2) is 42.9 Å². The van der Waals surface area contributed by atoms with Gasteiger partial charge >= 0.3 is 5.97 Å². The van der Waals surface area contributed by atoms with E-state index in [-0.39, 0.29) is 0 Å². The first-order valence-corrected chi connectivity index (χ1v) is 6.94. The number of rotatable bonds is 3. The van der Waals surface area contributed by atoms with E-state index in [1.54, 1.807) is 13.1 Å². The summed E-state index contributed by atoms with van der Waals surface area (Å²) in [4.78, 5) is 21.9. The van der Waals surface area contributed by atoms with Crippen molar-refractivity contribution in [3.63, 3.8) is 0 Å². The zero-order valence-corrected chi connectivity index (χ0v) is 11.9. The van der Waals surface area contributed by atoms with Crippen molar-refractivity contribution in [3.8, 4) is 11.1 Å². The van der Waals surface area contributed by atoms with Crippen LogP contribution in [0.5, 0.6) is 0 Å². The molecule has 3 rings (SSSR count). The molecule has 0 saturated carbocycles. The van der Waals surface area contributed by atoms with Crippen molar-refractivity contribution in [2.45, 2.75) is 13.3 Å². The smallest absolute Gasteiger partial charge is 0.311 e. The lowest BCUT2D eigenvalue weighted by Crippen LogP contribution is -2.32. The maximum Gasteiger partial charge on any atom is 0.311 e. The van der Waals surface area contributed by atoms with E-state index in [4.69, 9.17) is 0 Å². The van der Waals surface area contributed by atoms with Gasteiger partial charge in [-0.15, -0.1) is 0 Å². The number of carboxylic acids is 1. The van der Waals surface area contributed by atoms with Gasteiger partial charge in [0.2, 0.25) is 0 Å². The van der Waals surface area contributed by atoms with Crippen LogP contribution < -0.4 is 4.90 Å². The van der Waals surface area contributed by atoms with Crippen molar-refractivity contribution < 1.29 is 9.90 Å². The summed E-state index contributed by atoms with van der Waals surface area (Å²) in [7, 11) is 0. The predicted octanol–water partition coefficient (Wildman–Crippen LogP) is 2.44. The third-order valence-corrected chi connectivity index (χ3v) is 4.07. The second-order valence-electron chi connectivity index (χ2n) is 5.66. The third kappa shape index (κ3) is 2.46. The fourth-order valence-corrected chi connectivity index (χ4v) is 2.71. The van der Waals surface area contributed by atoms with Gasteiger partial charge in [0.25, 0.3) is 0 Å². The summed E-state index contributed by atoms with van der Waals surface area (Å²) in [5, 5.41) is 9.36. The molecule has 2 aromatic rings. The largest absolute Gasteiger partial charge is 0.481 e. The van der Waals surface area contributed by atoms with Crippen LogP contribution >= 0.6 is 0 Å². The molecule has 0 aliphatic carbocycles. The molecule has 0 spiro atoms. The maximum absolute atomic E-state index is 11.4. The maximum atomic E-state index is 11.4. The van der Waals surface area contributed by atoms with Crippen LogP contribution in [0.25, 0.3) is 11.1 Å². The lowest BCUT2D eigenvalue weighted by Gasteiger charge is -2.22. The van der Waals surface area contributed by atoms with Crippen molar-refractivity contribution in [1.82, 2.24) is 9.97 Å². The Kier molecular flexibility index (Phi) is 3.33. The Bertz CT molecular complexity index is 660. The molecule has 1 aliphatic rings. The van der Waals surface area contributed by atoms with Crippen molar-refractivity contribution >= 4 is 11.8 Å². The molecule has 1 aromatic carbocycles. The van der Waals surface area contributed by atoms with Gasteiger partial charge in [0.15, 0.2) is 0 Å². The molecule has 0 bridgehead atoms. The Morgan fingerprint density at radius 3 is 2.76 bits per heavy atom. The second kappa shape index (κ2) is 5.16. The van der Waals surface area contributed by atoms with E-state index in [1.165, 1.54) is 6.33 Å². The molecular weight excluding hydrogens is 266 g/mol. The molecule has 0 amide bonds. The summed E-state index contributed by atoms with van der Waals surface area (Å²) in [6.45, 7) is 2.96. The van der Waals surface area contributed by atoms with E-state index in [0.717, 1.165) is 16.9 Å². The van der Waals surface area contributed by atoms with Gasteiger partial charge in [0.05, 0.1) is 5.41 Å². The van der Waals surface area contributed by atoms with Crippen LogP contribution in [-0.4, -0.2) is 34.1 Å². The van der Waals surface area contributed by atoms with Crippen LogP contribution in [0.4, 0.5) is 5.82 Å². The van der Waals surface area contributed by atoms with Gasteiger partial charge in [-0.1, -0.05) is 30.3 Å². The topological polar surface area (TPSA) is 66.3 Å². The molecule has 1 N–H and O–H groups in total. The van der Waals surface area contributed by atoms with Crippen molar-refractivity contribution in [2.24, 2.45) is 5.41 Å². The number of aliphatic carboxylic acids is 1. The first-order valence-electron chi connectivity index (χ1n) is 6.94. The number of benzene rings is 1. The molecule has 21 heavy (non-hydrogen) atoms.